The van der Waals surface area contributed by atoms with Crippen LogP contribution in [-0.4, -0.2) is 48.1 Å². The summed E-state index contributed by atoms with van der Waals surface area (Å²) in [6.07, 6.45) is 1.54. The average molecular weight is 249 g/mol. The largest absolute Gasteiger partial charge is 0.355 e. The number of hydrogen-bond donors (Lipinski definition) is 2. The van der Waals surface area contributed by atoms with Gasteiger partial charge in [0.1, 0.15) is 18.2 Å². The first kappa shape index (κ1) is 12.8. The van der Waals surface area contributed by atoms with Crippen molar-refractivity contribution in [2.45, 2.75) is 19.9 Å². The Labute approximate surface area is 107 Å². The lowest BCUT2D eigenvalue weighted by atomic mass is 10.1. The highest BCUT2D eigenvalue weighted by atomic mass is 16.2. The second-order valence-corrected chi connectivity index (χ2v) is 4.33. The number of piperazine rings is 1. The van der Waals surface area contributed by atoms with Crippen LogP contribution in [0.1, 0.15) is 12.6 Å². The van der Waals surface area contributed by atoms with E-state index in [0.29, 0.717) is 13.1 Å². The minimum absolute atomic E-state index is 0.0426. The molecule has 0 aliphatic carbocycles. The summed E-state index contributed by atoms with van der Waals surface area (Å²) < 4.78 is 0. The third kappa shape index (κ3) is 2.76. The molecular formula is C12H19N5O. The fourth-order valence-electron chi connectivity index (χ4n) is 2.10. The van der Waals surface area contributed by atoms with Gasteiger partial charge in [-0.2, -0.15) is 0 Å². The van der Waals surface area contributed by atoms with E-state index in [1.807, 2.05) is 24.8 Å². The van der Waals surface area contributed by atoms with Crippen molar-refractivity contribution in [1.82, 2.24) is 20.6 Å². The van der Waals surface area contributed by atoms with E-state index in [0.717, 1.165) is 24.6 Å². The number of nitrogens with zero attached hydrogens (tertiary/aromatic N) is 3. The number of hydrogen-bond acceptors (Lipinski definition) is 5. The van der Waals surface area contributed by atoms with E-state index in [1.54, 1.807) is 6.33 Å². The van der Waals surface area contributed by atoms with E-state index < -0.39 is 0 Å². The van der Waals surface area contributed by atoms with Crippen LogP contribution < -0.4 is 15.5 Å². The lowest BCUT2D eigenvalue weighted by Gasteiger charge is -2.35. The minimum atomic E-state index is -0.201. The number of nitrogens with one attached hydrogen (secondary N) is 2. The Kier molecular flexibility index (Phi) is 4.09. The third-order valence-corrected chi connectivity index (χ3v) is 2.98. The molecule has 1 fully saturated rings. The van der Waals surface area contributed by atoms with Crippen molar-refractivity contribution >= 4 is 11.7 Å². The standard InChI is InChI=1S/C12H19N5O/c1-3-14-12(18)10-7-13-4-5-17(10)11-6-9(2)15-8-16-11/h6,8,10,13H,3-5,7H2,1-2H3,(H,14,18). The molecule has 6 heteroatoms. The topological polar surface area (TPSA) is 70.2 Å². The van der Waals surface area contributed by atoms with Gasteiger partial charge in [-0.05, 0) is 13.8 Å². The number of anilines is 1. The number of likely N-dealkylation sites (N-methyl/N-ethyl adjacent to an activating group) is 1. The third-order valence-electron chi connectivity index (χ3n) is 2.98. The van der Waals surface area contributed by atoms with Gasteiger partial charge in [0.2, 0.25) is 5.91 Å². The highest BCUT2D eigenvalue weighted by Crippen LogP contribution is 2.15. The average Bonchev–Trinajstić information content (AvgIpc) is 2.39. The molecule has 0 spiro atoms. The maximum absolute atomic E-state index is 12.0. The maximum Gasteiger partial charge on any atom is 0.244 e. The number of amides is 1. The Morgan fingerprint density at radius 3 is 3.17 bits per heavy atom. The van der Waals surface area contributed by atoms with Crippen LogP contribution in [0.15, 0.2) is 12.4 Å². The molecule has 1 aromatic rings. The molecule has 0 aromatic carbocycles. The first-order valence-electron chi connectivity index (χ1n) is 6.26. The number of carbonyl (C=O) groups excluding carboxylic acids is 1. The molecule has 2 rings (SSSR count). The smallest absolute Gasteiger partial charge is 0.244 e. The van der Waals surface area contributed by atoms with Crippen molar-refractivity contribution in [2.75, 3.05) is 31.1 Å². The summed E-state index contributed by atoms with van der Waals surface area (Å²) in [5, 5.41) is 6.11. The number of rotatable bonds is 3. The summed E-state index contributed by atoms with van der Waals surface area (Å²) >= 11 is 0. The van der Waals surface area contributed by atoms with E-state index in [4.69, 9.17) is 0 Å². The summed E-state index contributed by atoms with van der Waals surface area (Å²) in [4.78, 5) is 22.4. The van der Waals surface area contributed by atoms with Crippen molar-refractivity contribution in [3.63, 3.8) is 0 Å². The number of carbonyl (C=O) groups is 1. The Balaban J connectivity index is 2.20. The van der Waals surface area contributed by atoms with E-state index in [1.165, 1.54) is 0 Å². The number of aryl methyl sites for hydroxylation is 1. The molecule has 0 bridgehead atoms. The second kappa shape index (κ2) is 5.77. The van der Waals surface area contributed by atoms with Gasteiger partial charge in [0, 0.05) is 37.9 Å². The first-order chi connectivity index (χ1) is 8.72. The molecule has 6 nitrogen and oxygen atoms in total. The molecule has 0 radical (unpaired) electrons. The summed E-state index contributed by atoms with van der Waals surface area (Å²) in [5.41, 5.74) is 0.910. The molecule has 1 aromatic heterocycles. The molecule has 2 heterocycles. The van der Waals surface area contributed by atoms with Crippen LogP contribution in [0.3, 0.4) is 0 Å². The SMILES string of the molecule is CCNC(=O)C1CNCCN1c1cc(C)ncn1. The zero-order chi connectivity index (χ0) is 13.0. The van der Waals surface area contributed by atoms with Crippen LogP contribution in [0.2, 0.25) is 0 Å². The molecule has 98 valence electrons. The van der Waals surface area contributed by atoms with Crippen molar-refractivity contribution in [3.05, 3.63) is 18.1 Å². The van der Waals surface area contributed by atoms with Gasteiger partial charge in [-0.15, -0.1) is 0 Å². The fraction of sp³-hybridized carbons (Fsp3) is 0.583. The maximum atomic E-state index is 12.0. The van der Waals surface area contributed by atoms with Crippen LogP contribution in [0.25, 0.3) is 0 Å². The van der Waals surface area contributed by atoms with Crippen LogP contribution in [0.5, 0.6) is 0 Å². The van der Waals surface area contributed by atoms with Gasteiger partial charge in [0.25, 0.3) is 0 Å². The van der Waals surface area contributed by atoms with Crippen LogP contribution in [0, 0.1) is 6.92 Å². The van der Waals surface area contributed by atoms with Gasteiger partial charge >= 0.3 is 0 Å². The van der Waals surface area contributed by atoms with Crippen molar-refractivity contribution in [1.29, 1.82) is 0 Å². The zero-order valence-electron chi connectivity index (χ0n) is 10.8. The van der Waals surface area contributed by atoms with E-state index in [-0.39, 0.29) is 11.9 Å². The fourth-order valence-corrected chi connectivity index (χ4v) is 2.10. The Morgan fingerprint density at radius 2 is 2.44 bits per heavy atom. The first-order valence-corrected chi connectivity index (χ1v) is 6.26. The Morgan fingerprint density at radius 1 is 1.61 bits per heavy atom. The van der Waals surface area contributed by atoms with Gasteiger partial charge in [0.15, 0.2) is 0 Å². The van der Waals surface area contributed by atoms with Gasteiger partial charge in [0.05, 0.1) is 0 Å². The van der Waals surface area contributed by atoms with E-state index >= 15 is 0 Å². The molecule has 1 amide bonds. The van der Waals surface area contributed by atoms with Crippen LogP contribution in [0.4, 0.5) is 5.82 Å². The monoisotopic (exact) mass is 249 g/mol. The minimum Gasteiger partial charge on any atom is -0.355 e. The lowest BCUT2D eigenvalue weighted by Crippen LogP contribution is -2.58. The molecule has 2 N–H and O–H groups in total. The van der Waals surface area contributed by atoms with Gasteiger partial charge in [-0.25, -0.2) is 9.97 Å². The highest BCUT2D eigenvalue weighted by Gasteiger charge is 2.29. The van der Waals surface area contributed by atoms with Crippen molar-refractivity contribution in [3.8, 4) is 0 Å². The molecule has 18 heavy (non-hydrogen) atoms. The van der Waals surface area contributed by atoms with Gasteiger partial charge in [-0.3, -0.25) is 4.79 Å². The molecule has 1 aliphatic heterocycles. The zero-order valence-corrected chi connectivity index (χ0v) is 10.8. The van der Waals surface area contributed by atoms with Crippen LogP contribution in [-0.2, 0) is 4.79 Å². The van der Waals surface area contributed by atoms with Gasteiger partial charge < -0.3 is 15.5 Å². The van der Waals surface area contributed by atoms with E-state index in [2.05, 4.69) is 20.6 Å². The molecule has 1 saturated heterocycles. The van der Waals surface area contributed by atoms with Crippen molar-refractivity contribution < 1.29 is 4.79 Å². The van der Waals surface area contributed by atoms with Crippen LogP contribution >= 0.6 is 0 Å². The molecule has 0 saturated carbocycles. The molecular weight excluding hydrogens is 230 g/mol. The van der Waals surface area contributed by atoms with E-state index in [9.17, 15) is 4.79 Å². The predicted molar refractivity (Wildman–Crippen MR) is 69.5 cm³/mol. The summed E-state index contributed by atoms with van der Waals surface area (Å²) in [7, 11) is 0. The molecule has 1 unspecified atom stereocenters. The number of aromatic nitrogens is 2. The lowest BCUT2D eigenvalue weighted by molar-refractivity contribution is -0.122. The Bertz CT molecular complexity index is 423. The highest BCUT2D eigenvalue weighted by molar-refractivity contribution is 5.85. The normalized spacial score (nSPS) is 19.7. The summed E-state index contributed by atoms with van der Waals surface area (Å²) in [6, 6.07) is 1.71. The predicted octanol–water partition coefficient (Wildman–Crippen LogP) is -0.301. The summed E-state index contributed by atoms with van der Waals surface area (Å²) in [5.74, 6) is 0.862. The Hall–Kier alpha value is -1.69. The quantitative estimate of drug-likeness (QED) is 0.769. The second-order valence-electron chi connectivity index (χ2n) is 4.33. The van der Waals surface area contributed by atoms with Gasteiger partial charge in [-0.1, -0.05) is 0 Å². The molecule has 1 atom stereocenters. The summed E-state index contributed by atoms with van der Waals surface area (Å²) in [6.45, 7) is 6.78. The molecule has 1 aliphatic rings. The van der Waals surface area contributed by atoms with Crippen molar-refractivity contribution in [2.24, 2.45) is 0 Å².